The van der Waals surface area contributed by atoms with Crippen LogP contribution < -0.4 is 4.90 Å². The summed E-state index contributed by atoms with van der Waals surface area (Å²) in [5.41, 5.74) is 0.120. The molecular weight excluding hydrogens is 427 g/mol. The number of sulfone groups is 1. The summed E-state index contributed by atoms with van der Waals surface area (Å²) < 4.78 is 47.1. The standard InChI is InChI=1S/C22H22ClFN2O3S/c1-14-11-15(2)13-26(12-14)22-21(30(27,28)17-9-7-16(23)8-10-17)25-20(29-22)18-5-3-4-6-19(18)24/h3-10,14-15H,11-13H2,1-2H3. The lowest BCUT2D eigenvalue weighted by Gasteiger charge is -2.34. The van der Waals surface area contributed by atoms with E-state index in [4.69, 9.17) is 16.0 Å². The predicted octanol–water partition coefficient (Wildman–Crippen LogP) is 5.45. The van der Waals surface area contributed by atoms with Crippen LogP contribution in [0.5, 0.6) is 0 Å². The maximum Gasteiger partial charge on any atom is 0.236 e. The zero-order valence-corrected chi connectivity index (χ0v) is 18.3. The first-order chi connectivity index (χ1) is 14.3. The van der Waals surface area contributed by atoms with Crippen molar-refractivity contribution in [2.45, 2.75) is 30.2 Å². The molecule has 2 heterocycles. The maximum absolute atomic E-state index is 14.4. The van der Waals surface area contributed by atoms with E-state index in [0.29, 0.717) is 29.9 Å². The number of hydrogen-bond acceptors (Lipinski definition) is 5. The van der Waals surface area contributed by atoms with E-state index in [1.165, 1.54) is 36.4 Å². The summed E-state index contributed by atoms with van der Waals surface area (Å²) in [5.74, 6) is 0.299. The second-order valence-electron chi connectivity index (χ2n) is 7.92. The van der Waals surface area contributed by atoms with Crippen molar-refractivity contribution in [2.75, 3.05) is 18.0 Å². The summed E-state index contributed by atoms with van der Waals surface area (Å²) in [5, 5.41) is 0.226. The Morgan fingerprint density at radius 2 is 1.70 bits per heavy atom. The van der Waals surface area contributed by atoms with E-state index < -0.39 is 15.7 Å². The molecule has 1 saturated heterocycles. The van der Waals surface area contributed by atoms with Crippen LogP contribution in [0, 0.1) is 17.7 Å². The van der Waals surface area contributed by atoms with Gasteiger partial charge >= 0.3 is 0 Å². The SMILES string of the molecule is CC1CC(C)CN(c2oc(-c3ccccc3F)nc2S(=O)(=O)c2ccc(Cl)cc2)C1. The second kappa shape index (κ2) is 8.04. The largest absolute Gasteiger partial charge is 0.419 e. The first-order valence-corrected chi connectivity index (χ1v) is 11.6. The van der Waals surface area contributed by atoms with Gasteiger partial charge in [0, 0.05) is 18.1 Å². The number of anilines is 1. The monoisotopic (exact) mass is 448 g/mol. The van der Waals surface area contributed by atoms with Gasteiger partial charge in [0.1, 0.15) is 5.82 Å². The first kappa shape index (κ1) is 20.9. The Morgan fingerprint density at radius 1 is 1.07 bits per heavy atom. The molecule has 0 saturated carbocycles. The van der Waals surface area contributed by atoms with Crippen molar-refractivity contribution >= 4 is 27.3 Å². The molecule has 1 aromatic heterocycles. The lowest BCUT2D eigenvalue weighted by molar-refractivity contribution is 0.342. The number of halogens is 2. The molecule has 3 aromatic rings. The van der Waals surface area contributed by atoms with Crippen molar-refractivity contribution in [3.05, 3.63) is 59.4 Å². The van der Waals surface area contributed by atoms with Gasteiger partial charge in [-0.25, -0.2) is 12.8 Å². The van der Waals surface area contributed by atoms with Crippen LogP contribution >= 0.6 is 11.6 Å². The van der Waals surface area contributed by atoms with Crippen molar-refractivity contribution in [2.24, 2.45) is 11.8 Å². The highest BCUT2D eigenvalue weighted by molar-refractivity contribution is 7.91. The third kappa shape index (κ3) is 3.96. The summed E-state index contributed by atoms with van der Waals surface area (Å²) >= 11 is 5.92. The number of hydrogen-bond donors (Lipinski definition) is 0. The Hall–Kier alpha value is -2.38. The fourth-order valence-corrected chi connectivity index (χ4v) is 5.42. The number of nitrogens with zero attached hydrogens (tertiary/aromatic N) is 2. The molecule has 0 radical (unpaired) electrons. The fourth-order valence-electron chi connectivity index (χ4n) is 3.98. The molecule has 0 bridgehead atoms. The molecule has 0 N–H and O–H groups in total. The van der Waals surface area contributed by atoms with Gasteiger partial charge in [0.15, 0.2) is 0 Å². The highest BCUT2D eigenvalue weighted by atomic mass is 35.5. The molecule has 2 aromatic carbocycles. The molecule has 1 aliphatic rings. The maximum atomic E-state index is 14.4. The summed E-state index contributed by atoms with van der Waals surface area (Å²) in [6.07, 6.45) is 1.05. The fraction of sp³-hybridized carbons (Fsp3) is 0.318. The van der Waals surface area contributed by atoms with Crippen LogP contribution in [0.25, 0.3) is 11.5 Å². The summed E-state index contributed by atoms with van der Waals surface area (Å²) in [6, 6.07) is 11.9. The van der Waals surface area contributed by atoms with Crippen molar-refractivity contribution in [1.82, 2.24) is 4.98 Å². The average molecular weight is 449 g/mol. The molecule has 5 nitrogen and oxygen atoms in total. The topological polar surface area (TPSA) is 63.4 Å². The smallest absolute Gasteiger partial charge is 0.236 e. The lowest BCUT2D eigenvalue weighted by atomic mass is 9.92. The van der Waals surface area contributed by atoms with Gasteiger partial charge in [-0.3, -0.25) is 0 Å². The molecule has 2 unspecified atom stereocenters. The number of oxazole rings is 1. The minimum atomic E-state index is -4.00. The zero-order chi connectivity index (χ0) is 21.5. The van der Waals surface area contributed by atoms with E-state index >= 15 is 0 Å². The molecule has 0 spiro atoms. The van der Waals surface area contributed by atoms with E-state index in [2.05, 4.69) is 18.8 Å². The van der Waals surface area contributed by atoms with E-state index in [9.17, 15) is 12.8 Å². The van der Waals surface area contributed by atoms with E-state index in [-0.39, 0.29) is 27.3 Å². The van der Waals surface area contributed by atoms with Crippen molar-refractivity contribution < 1.29 is 17.2 Å². The Labute approximate surface area is 180 Å². The Balaban J connectivity index is 1.87. The highest BCUT2D eigenvalue weighted by Crippen LogP contribution is 2.38. The van der Waals surface area contributed by atoms with Crippen LogP contribution in [-0.2, 0) is 9.84 Å². The highest BCUT2D eigenvalue weighted by Gasteiger charge is 2.34. The van der Waals surface area contributed by atoms with Crippen molar-refractivity contribution in [1.29, 1.82) is 0 Å². The molecule has 30 heavy (non-hydrogen) atoms. The molecule has 1 fully saturated rings. The normalized spacial score (nSPS) is 19.8. The Kier molecular flexibility index (Phi) is 5.59. The van der Waals surface area contributed by atoms with Crippen LogP contribution in [0.1, 0.15) is 20.3 Å². The minimum absolute atomic E-state index is 0.0541. The molecular formula is C22H22ClFN2O3S. The third-order valence-corrected chi connectivity index (χ3v) is 7.14. The molecule has 1 aliphatic heterocycles. The average Bonchev–Trinajstić information content (AvgIpc) is 3.14. The Morgan fingerprint density at radius 3 is 2.33 bits per heavy atom. The first-order valence-electron chi connectivity index (χ1n) is 9.77. The van der Waals surface area contributed by atoms with Gasteiger partial charge < -0.3 is 9.32 Å². The summed E-state index contributed by atoms with van der Waals surface area (Å²) in [6.45, 7) is 5.51. The molecule has 8 heteroatoms. The zero-order valence-electron chi connectivity index (χ0n) is 16.7. The van der Waals surface area contributed by atoms with E-state index in [1.54, 1.807) is 12.1 Å². The van der Waals surface area contributed by atoms with Crippen LogP contribution in [-0.4, -0.2) is 26.5 Å². The number of piperidine rings is 1. The van der Waals surface area contributed by atoms with Crippen molar-refractivity contribution in [3.8, 4) is 11.5 Å². The minimum Gasteiger partial charge on any atom is -0.419 e. The second-order valence-corrected chi connectivity index (χ2v) is 10.2. The Bertz CT molecular complexity index is 1150. The van der Waals surface area contributed by atoms with Gasteiger partial charge in [-0.15, -0.1) is 0 Å². The molecule has 0 aliphatic carbocycles. The van der Waals surface area contributed by atoms with Crippen molar-refractivity contribution in [3.63, 3.8) is 0 Å². The molecule has 0 amide bonds. The van der Waals surface area contributed by atoms with Crippen LogP contribution in [0.4, 0.5) is 10.3 Å². The molecule has 2 atom stereocenters. The van der Waals surface area contributed by atoms with Crippen LogP contribution in [0.3, 0.4) is 0 Å². The summed E-state index contributed by atoms with van der Waals surface area (Å²) in [4.78, 5) is 6.22. The predicted molar refractivity (Wildman–Crippen MR) is 114 cm³/mol. The third-order valence-electron chi connectivity index (χ3n) is 5.22. The number of benzene rings is 2. The van der Waals surface area contributed by atoms with Gasteiger partial charge in [-0.05, 0) is 54.7 Å². The molecule has 158 valence electrons. The van der Waals surface area contributed by atoms with Gasteiger partial charge in [0.05, 0.1) is 10.5 Å². The number of aromatic nitrogens is 1. The van der Waals surface area contributed by atoms with Crippen LogP contribution in [0.15, 0.2) is 62.9 Å². The lowest BCUT2D eigenvalue weighted by Crippen LogP contribution is -2.39. The van der Waals surface area contributed by atoms with E-state index in [1.807, 2.05) is 4.90 Å². The number of rotatable bonds is 4. The quantitative estimate of drug-likeness (QED) is 0.531. The van der Waals surface area contributed by atoms with Gasteiger partial charge in [0.2, 0.25) is 26.6 Å². The van der Waals surface area contributed by atoms with E-state index in [0.717, 1.165) is 6.42 Å². The molecule has 4 rings (SSSR count). The van der Waals surface area contributed by atoms with Crippen LogP contribution in [0.2, 0.25) is 5.02 Å². The van der Waals surface area contributed by atoms with Gasteiger partial charge in [-0.2, -0.15) is 4.98 Å². The van der Waals surface area contributed by atoms with Gasteiger partial charge in [-0.1, -0.05) is 37.6 Å². The van der Waals surface area contributed by atoms with Gasteiger partial charge in [0.25, 0.3) is 0 Å². The summed E-state index contributed by atoms with van der Waals surface area (Å²) in [7, 11) is -4.00.